The highest BCUT2D eigenvalue weighted by Crippen LogP contribution is 2.27. The van der Waals surface area contributed by atoms with Crippen molar-refractivity contribution in [2.75, 3.05) is 46.9 Å². The van der Waals surface area contributed by atoms with Crippen molar-refractivity contribution in [2.24, 2.45) is 0 Å². The number of hydrogen-bond acceptors (Lipinski definition) is 5. The summed E-state index contributed by atoms with van der Waals surface area (Å²) < 4.78 is 38.1. The SMILES string of the molecule is COc1ccc(CCNC(=O)N2CCN(S(=O)(=O)c3cc(C)ccc3C)CC2)cc1OC. The number of amides is 2. The van der Waals surface area contributed by atoms with Crippen molar-refractivity contribution in [1.82, 2.24) is 14.5 Å². The van der Waals surface area contributed by atoms with Crippen LogP contribution >= 0.6 is 0 Å². The fourth-order valence-corrected chi connectivity index (χ4v) is 5.45. The van der Waals surface area contributed by atoms with E-state index in [4.69, 9.17) is 9.47 Å². The molecule has 0 atom stereocenters. The van der Waals surface area contributed by atoms with Crippen molar-refractivity contribution >= 4 is 16.1 Å². The third-order valence-corrected chi connectivity index (χ3v) is 7.67. The summed E-state index contributed by atoms with van der Waals surface area (Å²) in [4.78, 5) is 14.5. The molecule has 2 amide bonds. The number of carbonyl (C=O) groups excluding carboxylic acids is 1. The maximum absolute atomic E-state index is 13.1. The van der Waals surface area contributed by atoms with Gasteiger partial charge in [-0.15, -0.1) is 0 Å². The highest BCUT2D eigenvalue weighted by atomic mass is 32.2. The molecule has 1 saturated heterocycles. The number of urea groups is 1. The van der Waals surface area contributed by atoms with Crippen LogP contribution in [0, 0.1) is 13.8 Å². The van der Waals surface area contributed by atoms with Gasteiger partial charge in [0.05, 0.1) is 19.1 Å². The second-order valence-electron chi connectivity index (χ2n) is 7.83. The highest BCUT2D eigenvalue weighted by Gasteiger charge is 2.31. The molecule has 0 bridgehead atoms. The second kappa shape index (κ2) is 10.2. The molecule has 2 aromatic carbocycles. The number of sulfonamides is 1. The fraction of sp³-hybridized carbons (Fsp3) is 0.435. The zero-order chi connectivity index (χ0) is 23.3. The zero-order valence-electron chi connectivity index (χ0n) is 19.1. The minimum atomic E-state index is -3.58. The van der Waals surface area contributed by atoms with Crippen LogP contribution in [-0.4, -0.2) is 70.6 Å². The number of piperazine rings is 1. The van der Waals surface area contributed by atoms with Crippen molar-refractivity contribution < 1.29 is 22.7 Å². The molecule has 0 aliphatic carbocycles. The van der Waals surface area contributed by atoms with E-state index in [-0.39, 0.29) is 19.1 Å². The number of aryl methyl sites for hydroxylation is 2. The molecule has 1 fully saturated rings. The van der Waals surface area contributed by atoms with Crippen molar-refractivity contribution in [2.45, 2.75) is 25.2 Å². The van der Waals surface area contributed by atoms with Crippen molar-refractivity contribution in [3.05, 3.63) is 53.1 Å². The maximum Gasteiger partial charge on any atom is 0.317 e. The minimum absolute atomic E-state index is 0.186. The van der Waals surface area contributed by atoms with Gasteiger partial charge in [0, 0.05) is 32.7 Å². The van der Waals surface area contributed by atoms with Gasteiger partial charge in [-0.25, -0.2) is 13.2 Å². The van der Waals surface area contributed by atoms with Crippen molar-refractivity contribution in [3.8, 4) is 11.5 Å². The number of methoxy groups -OCH3 is 2. The first-order valence-electron chi connectivity index (χ1n) is 10.6. The Morgan fingerprint density at radius 3 is 2.31 bits per heavy atom. The molecule has 174 valence electrons. The number of rotatable bonds is 7. The Bertz CT molecular complexity index is 1060. The average molecular weight is 462 g/mol. The van der Waals surface area contributed by atoms with Crippen LogP contribution in [0.3, 0.4) is 0 Å². The maximum atomic E-state index is 13.1. The first kappa shape index (κ1) is 23.9. The topological polar surface area (TPSA) is 88.2 Å². The van der Waals surface area contributed by atoms with Crippen LogP contribution in [0.1, 0.15) is 16.7 Å². The van der Waals surface area contributed by atoms with Crippen LogP contribution in [0.5, 0.6) is 11.5 Å². The number of nitrogens with zero attached hydrogens (tertiary/aromatic N) is 2. The number of ether oxygens (including phenoxy) is 2. The van der Waals surface area contributed by atoms with E-state index in [0.29, 0.717) is 42.4 Å². The third-order valence-electron chi connectivity index (χ3n) is 5.63. The molecule has 1 heterocycles. The van der Waals surface area contributed by atoms with Gasteiger partial charge in [0.1, 0.15) is 0 Å². The molecule has 0 aromatic heterocycles. The summed E-state index contributed by atoms with van der Waals surface area (Å²) in [5.41, 5.74) is 2.65. The molecule has 32 heavy (non-hydrogen) atoms. The standard InChI is InChI=1S/C23H31N3O5S/c1-17-5-6-18(2)22(15-17)32(28,29)26-13-11-25(12-14-26)23(27)24-10-9-19-7-8-20(30-3)21(16-19)31-4/h5-8,15-16H,9-14H2,1-4H3,(H,24,27). The summed E-state index contributed by atoms with van der Waals surface area (Å²) in [6.45, 7) is 5.41. The zero-order valence-corrected chi connectivity index (χ0v) is 19.9. The molecule has 9 heteroatoms. The van der Waals surface area contributed by atoms with E-state index in [1.54, 1.807) is 32.1 Å². The Hall–Kier alpha value is -2.78. The molecule has 8 nitrogen and oxygen atoms in total. The number of nitrogens with one attached hydrogen (secondary N) is 1. The van der Waals surface area contributed by atoms with E-state index >= 15 is 0 Å². The molecule has 3 rings (SSSR count). The molecular weight excluding hydrogens is 430 g/mol. The summed E-state index contributed by atoms with van der Waals surface area (Å²) in [6.07, 6.45) is 0.646. The van der Waals surface area contributed by atoms with Gasteiger partial charge in [0.25, 0.3) is 0 Å². The minimum Gasteiger partial charge on any atom is -0.493 e. The lowest BCUT2D eigenvalue weighted by molar-refractivity contribution is 0.172. The predicted octanol–water partition coefficient (Wildman–Crippen LogP) is 2.58. The monoisotopic (exact) mass is 461 g/mol. The van der Waals surface area contributed by atoms with Crippen LogP contribution in [-0.2, 0) is 16.4 Å². The summed E-state index contributed by atoms with van der Waals surface area (Å²) in [6, 6.07) is 10.9. The lowest BCUT2D eigenvalue weighted by Crippen LogP contribution is -2.53. The lowest BCUT2D eigenvalue weighted by atomic mass is 10.1. The van der Waals surface area contributed by atoms with E-state index in [0.717, 1.165) is 16.7 Å². The largest absolute Gasteiger partial charge is 0.493 e. The Labute approximate surface area is 190 Å². The Kier molecular flexibility index (Phi) is 7.63. The van der Waals surface area contributed by atoms with E-state index in [2.05, 4.69) is 5.32 Å². The van der Waals surface area contributed by atoms with Crippen LogP contribution < -0.4 is 14.8 Å². The molecule has 0 unspecified atom stereocenters. The van der Waals surface area contributed by atoms with Gasteiger partial charge >= 0.3 is 6.03 Å². The Morgan fingerprint density at radius 2 is 1.66 bits per heavy atom. The van der Waals surface area contributed by atoms with Gasteiger partial charge in [-0.1, -0.05) is 18.2 Å². The molecular formula is C23H31N3O5S. The van der Waals surface area contributed by atoms with Crippen molar-refractivity contribution in [3.63, 3.8) is 0 Å². The van der Waals surface area contributed by atoms with E-state index in [9.17, 15) is 13.2 Å². The summed E-state index contributed by atoms with van der Waals surface area (Å²) in [5, 5.41) is 2.92. The normalized spacial score (nSPS) is 14.8. The van der Waals surface area contributed by atoms with Crippen LogP contribution in [0.15, 0.2) is 41.3 Å². The van der Waals surface area contributed by atoms with E-state index in [1.807, 2.05) is 37.3 Å². The molecule has 0 radical (unpaired) electrons. The highest BCUT2D eigenvalue weighted by molar-refractivity contribution is 7.89. The average Bonchev–Trinajstić information content (AvgIpc) is 2.80. The van der Waals surface area contributed by atoms with Crippen LogP contribution in [0.4, 0.5) is 4.79 Å². The van der Waals surface area contributed by atoms with Crippen molar-refractivity contribution in [1.29, 1.82) is 0 Å². The van der Waals surface area contributed by atoms with E-state index < -0.39 is 10.0 Å². The quantitative estimate of drug-likeness (QED) is 0.685. The molecule has 1 aliphatic rings. The first-order valence-corrected chi connectivity index (χ1v) is 12.0. The summed E-state index contributed by atoms with van der Waals surface area (Å²) >= 11 is 0. The van der Waals surface area contributed by atoms with Gasteiger partial charge in [-0.2, -0.15) is 4.31 Å². The predicted molar refractivity (Wildman–Crippen MR) is 123 cm³/mol. The first-order chi connectivity index (χ1) is 15.3. The summed E-state index contributed by atoms with van der Waals surface area (Å²) in [7, 11) is -0.402. The Balaban J connectivity index is 1.52. The molecule has 2 aromatic rings. The van der Waals surface area contributed by atoms with Crippen LogP contribution in [0.2, 0.25) is 0 Å². The summed E-state index contributed by atoms with van der Waals surface area (Å²) in [5.74, 6) is 1.31. The lowest BCUT2D eigenvalue weighted by Gasteiger charge is -2.34. The van der Waals surface area contributed by atoms with Gasteiger partial charge < -0.3 is 19.7 Å². The van der Waals surface area contributed by atoms with Gasteiger partial charge in [-0.05, 0) is 55.2 Å². The third kappa shape index (κ3) is 5.34. The molecule has 1 N–H and O–H groups in total. The smallest absolute Gasteiger partial charge is 0.317 e. The van der Waals surface area contributed by atoms with Gasteiger partial charge in [0.2, 0.25) is 10.0 Å². The van der Waals surface area contributed by atoms with Crippen LogP contribution in [0.25, 0.3) is 0 Å². The molecule has 1 aliphatic heterocycles. The fourth-order valence-electron chi connectivity index (χ4n) is 3.72. The van der Waals surface area contributed by atoms with Gasteiger partial charge in [0.15, 0.2) is 11.5 Å². The van der Waals surface area contributed by atoms with E-state index in [1.165, 1.54) is 4.31 Å². The number of carbonyl (C=O) groups is 1. The molecule has 0 saturated carbocycles. The Morgan fingerprint density at radius 1 is 0.969 bits per heavy atom. The number of hydrogen-bond donors (Lipinski definition) is 1. The molecule has 0 spiro atoms. The number of benzene rings is 2. The van der Waals surface area contributed by atoms with Gasteiger partial charge in [-0.3, -0.25) is 0 Å². The second-order valence-corrected chi connectivity index (χ2v) is 9.74.